The lowest BCUT2D eigenvalue weighted by atomic mass is 10.0. The molecule has 19 heavy (non-hydrogen) atoms. The molecule has 1 rings (SSSR count). The number of aliphatic carboxylic acids is 1. The second kappa shape index (κ2) is 6.78. The summed E-state index contributed by atoms with van der Waals surface area (Å²) in [4.78, 5) is 24.2. The van der Waals surface area contributed by atoms with E-state index in [9.17, 15) is 9.59 Å². The number of hydrogen-bond donors (Lipinski definition) is 2. The minimum Gasteiger partial charge on any atom is -0.480 e. The number of nitrogens with one attached hydrogen (secondary N) is 1. The lowest BCUT2D eigenvalue weighted by Gasteiger charge is -2.24. The molecule has 1 aliphatic rings. The Morgan fingerprint density at radius 3 is 2.42 bits per heavy atom. The Morgan fingerprint density at radius 2 is 2.00 bits per heavy atom. The standard InChI is InChI=1S/C14H26N2O3/c1-4-5-14(6-7-14)10-15-13(19)16(8-11(2)3)9-12(17)18/h11H,4-10H2,1-3H3,(H,15,19)(H,17,18). The predicted molar refractivity (Wildman–Crippen MR) is 74.0 cm³/mol. The number of rotatable bonds is 8. The van der Waals surface area contributed by atoms with Gasteiger partial charge in [-0.15, -0.1) is 0 Å². The third kappa shape index (κ3) is 5.49. The molecule has 0 aliphatic heterocycles. The van der Waals surface area contributed by atoms with Gasteiger partial charge in [-0.2, -0.15) is 0 Å². The Labute approximate surface area is 115 Å². The number of carboxylic acid groups (broad SMARTS) is 1. The molecule has 2 amide bonds. The van der Waals surface area contributed by atoms with Crippen LogP contribution < -0.4 is 5.32 Å². The van der Waals surface area contributed by atoms with Gasteiger partial charge in [-0.1, -0.05) is 27.2 Å². The monoisotopic (exact) mass is 270 g/mol. The number of nitrogens with zero attached hydrogens (tertiary/aromatic N) is 1. The largest absolute Gasteiger partial charge is 0.480 e. The molecule has 5 nitrogen and oxygen atoms in total. The quantitative estimate of drug-likeness (QED) is 0.711. The highest BCUT2D eigenvalue weighted by Gasteiger charge is 2.41. The van der Waals surface area contributed by atoms with E-state index in [-0.39, 0.29) is 23.9 Å². The molecule has 1 saturated carbocycles. The molecule has 0 aromatic heterocycles. The first-order chi connectivity index (χ1) is 8.88. The highest BCUT2D eigenvalue weighted by molar-refractivity contribution is 5.80. The van der Waals surface area contributed by atoms with Crippen LogP contribution >= 0.6 is 0 Å². The van der Waals surface area contributed by atoms with Crippen LogP contribution in [-0.2, 0) is 4.79 Å². The second-order valence-corrected chi connectivity index (χ2v) is 6.08. The van der Waals surface area contributed by atoms with Crippen LogP contribution in [0.15, 0.2) is 0 Å². The molecule has 0 heterocycles. The molecule has 5 heteroatoms. The first-order valence-corrected chi connectivity index (χ1v) is 7.13. The Hall–Kier alpha value is -1.26. The van der Waals surface area contributed by atoms with Crippen LogP contribution in [0.5, 0.6) is 0 Å². The van der Waals surface area contributed by atoms with Crippen molar-refractivity contribution in [2.75, 3.05) is 19.6 Å². The molecule has 0 bridgehead atoms. The lowest BCUT2D eigenvalue weighted by molar-refractivity contribution is -0.137. The molecular formula is C14H26N2O3. The van der Waals surface area contributed by atoms with Crippen molar-refractivity contribution < 1.29 is 14.7 Å². The summed E-state index contributed by atoms with van der Waals surface area (Å²) in [7, 11) is 0. The van der Waals surface area contributed by atoms with Crippen LogP contribution in [0.3, 0.4) is 0 Å². The zero-order valence-electron chi connectivity index (χ0n) is 12.2. The molecule has 1 aliphatic carbocycles. The first-order valence-electron chi connectivity index (χ1n) is 7.13. The average Bonchev–Trinajstić information content (AvgIpc) is 3.05. The van der Waals surface area contributed by atoms with Crippen molar-refractivity contribution in [1.29, 1.82) is 0 Å². The van der Waals surface area contributed by atoms with Crippen molar-refractivity contribution in [2.24, 2.45) is 11.3 Å². The number of carboxylic acids is 1. The Kier molecular flexibility index (Phi) is 5.63. The van der Waals surface area contributed by atoms with Gasteiger partial charge in [-0.25, -0.2) is 4.79 Å². The SMILES string of the molecule is CCCC1(CNC(=O)N(CC(=O)O)CC(C)C)CC1. The zero-order valence-corrected chi connectivity index (χ0v) is 12.2. The van der Waals surface area contributed by atoms with Crippen LogP contribution in [0.25, 0.3) is 0 Å². The Balaban J connectivity index is 2.45. The third-order valence-electron chi connectivity index (χ3n) is 3.55. The zero-order chi connectivity index (χ0) is 14.5. The molecule has 0 radical (unpaired) electrons. The van der Waals surface area contributed by atoms with E-state index >= 15 is 0 Å². The van der Waals surface area contributed by atoms with E-state index in [1.807, 2.05) is 13.8 Å². The first kappa shape index (κ1) is 15.8. The van der Waals surface area contributed by atoms with Gasteiger partial charge in [-0.3, -0.25) is 4.79 Å². The highest BCUT2D eigenvalue weighted by atomic mass is 16.4. The lowest BCUT2D eigenvalue weighted by Crippen LogP contribution is -2.46. The molecule has 0 spiro atoms. The van der Waals surface area contributed by atoms with Crippen LogP contribution in [0, 0.1) is 11.3 Å². The maximum atomic E-state index is 12.0. The van der Waals surface area contributed by atoms with Crippen molar-refractivity contribution >= 4 is 12.0 Å². The summed E-state index contributed by atoms with van der Waals surface area (Å²) in [6.45, 7) is 7.01. The van der Waals surface area contributed by atoms with E-state index in [0.29, 0.717) is 13.1 Å². The summed E-state index contributed by atoms with van der Waals surface area (Å²) >= 11 is 0. The number of carbonyl (C=O) groups is 2. The maximum Gasteiger partial charge on any atom is 0.323 e. The van der Waals surface area contributed by atoms with Gasteiger partial charge in [0.2, 0.25) is 0 Å². The van der Waals surface area contributed by atoms with Crippen molar-refractivity contribution in [1.82, 2.24) is 10.2 Å². The minimum absolute atomic E-state index is 0.231. The van der Waals surface area contributed by atoms with Crippen LogP contribution in [-0.4, -0.2) is 41.6 Å². The van der Waals surface area contributed by atoms with Crippen molar-refractivity contribution in [3.05, 3.63) is 0 Å². The van der Waals surface area contributed by atoms with Gasteiger partial charge in [-0.05, 0) is 30.6 Å². The van der Waals surface area contributed by atoms with E-state index in [4.69, 9.17) is 5.11 Å². The fraction of sp³-hybridized carbons (Fsp3) is 0.857. The van der Waals surface area contributed by atoms with Gasteiger partial charge < -0.3 is 15.3 Å². The van der Waals surface area contributed by atoms with Crippen molar-refractivity contribution in [2.45, 2.75) is 46.5 Å². The smallest absolute Gasteiger partial charge is 0.323 e. The minimum atomic E-state index is -0.967. The van der Waals surface area contributed by atoms with Crippen LogP contribution in [0.1, 0.15) is 46.5 Å². The Morgan fingerprint density at radius 1 is 1.37 bits per heavy atom. The van der Waals surface area contributed by atoms with E-state index in [2.05, 4.69) is 12.2 Å². The Bertz CT molecular complexity index is 325. The van der Waals surface area contributed by atoms with Gasteiger partial charge in [0.1, 0.15) is 6.54 Å². The van der Waals surface area contributed by atoms with Gasteiger partial charge >= 0.3 is 12.0 Å². The van der Waals surface area contributed by atoms with Gasteiger partial charge in [0.05, 0.1) is 0 Å². The summed E-state index contributed by atoms with van der Waals surface area (Å²) in [5.41, 5.74) is 0.289. The van der Waals surface area contributed by atoms with Crippen molar-refractivity contribution in [3.63, 3.8) is 0 Å². The van der Waals surface area contributed by atoms with Crippen molar-refractivity contribution in [3.8, 4) is 0 Å². The topological polar surface area (TPSA) is 69.6 Å². The molecule has 0 aromatic carbocycles. The van der Waals surface area contributed by atoms with E-state index in [1.165, 1.54) is 17.7 Å². The fourth-order valence-electron chi connectivity index (χ4n) is 2.42. The van der Waals surface area contributed by atoms with E-state index in [0.717, 1.165) is 12.8 Å². The van der Waals surface area contributed by atoms with Crippen LogP contribution in [0.4, 0.5) is 4.79 Å². The summed E-state index contributed by atoms with van der Waals surface area (Å²) < 4.78 is 0. The molecular weight excluding hydrogens is 244 g/mol. The van der Waals surface area contributed by atoms with E-state index < -0.39 is 5.97 Å². The predicted octanol–water partition coefficient (Wildman–Crippen LogP) is 2.32. The molecule has 0 aromatic rings. The maximum absolute atomic E-state index is 12.0. The molecule has 110 valence electrons. The fourth-order valence-corrected chi connectivity index (χ4v) is 2.42. The number of urea groups is 1. The summed E-state index contributed by atoms with van der Waals surface area (Å²) in [6, 6.07) is -0.251. The summed E-state index contributed by atoms with van der Waals surface area (Å²) in [5, 5.41) is 11.8. The number of hydrogen-bond acceptors (Lipinski definition) is 2. The average molecular weight is 270 g/mol. The third-order valence-corrected chi connectivity index (χ3v) is 3.55. The van der Waals surface area contributed by atoms with Gasteiger partial charge in [0, 0.05) is 13.1 Å². The highest BCUT2D eigenvalue weighted by Crippen LogP contribution is 2.48. The number of carbonyl (C=O) groups excluding carboxylic acids is 1. The molecule has 1 fully saturated rings. The summed E-state index contributed by atoms with van der Waals surface area (Å²) in [6.07, 6.45) is 4.60. The summed E-state index contributed by atoms with van der Waals surface area (Å²) in [5.74, 6) is -0.707. The normalized spacial score (nSPS) is 16.2. The molecule has 0 unspecified atom stereocenters. The van der Waals surface area contributed by atoms with Gasteiger partial charge in [0.25, 0.3) is 0 Å². The second-order valence-electron chi connectivity index (χ2n) is 6.08. The van der Waals surface area contributed by atoms with Crippen LogP contribution in [0.2, 0.25) is 0 Å². The molecule has 0 atom stereocenters. The number of amides is 2. The van der Waals surface area contributed by atoms with Gasteiger partial charge in [0.15, 0.2) is 0 Å². The molecule has 2 N–H and O–H groups in total. The molecule has 0 saturated heterocycles. The van der Waals surface area contributed by atoms with E-state index in [1.54, 1.807) is 0 Å².